The number of alkyl halides is 2. The Balaban J connectivity index is 1.37. The van der Waals surface area contributed by atoms with Crippen LogP contribution in [0.2, 0.25) is 0 Å². The highest BCUT2D eigenvalue weighted by molar-refractivity contribution is 5.63. The highest BCUT2D eigenvalue weighted by Crippen LogP contribution is 2.57. The van der Waals surface area contributed by atoms with E-state index in [2.05, 4.69) is 4.98 Å². The fourth-order valence-electron chi connectivity index (χ4n) is 5.39. The second kappa shape index (κ2) is 7.50. The Morgan fingerprint density at radius 3 is 2.60 bits per heavy atom. The Kier molecular flexibility index (Phi) is 4.94. The summed E-state index contributed by atoms with van der Waals surface area (Å²) in [5.41, 5.74) is 2.36. The average molecular weight is 415 g/mol. The first-order chi connectivity index (χ1) is 14.4. The van der Waals surface area contributed by atoms with Gasteiger partial charge in [0.25, 0.3) is 0 Å². The van der Waals surface area contributed by atoms with Crippen molar-refractivity contribution < 1.29 is 22.6 Å². The second-order valence-corrected chi connectivity index (χ2v) is 8.60. The highest BCUT2D eigenvalue weighted by atomic mass is 19.3. The van der Waals surface area contributed by atoms with E-state index in [9.17, 15) is 13.2 Å². The quantitative estimate of drug-likeness (QED) is 0.643. The SMILES string of the molecule is Fc1cccc(-c2ccc(C=C[C@H]3[C@H]4CCC(F)(F)C[C@H]4CC34OCCO4)nc2)c1. The fraction of sp³-hybridized carbons (Fsp3) is 0.458. The van der Waals surface area contributed by atoms with Gasteiger partial charge >= 0.3 is 0 Å². The van der Waals surface area contributed by atoms with Crippen molar-refractivity contribution in [2.24, 2.45) is 17.8 Å². The van der Waals surface area contributed by atoms with Gasteiger partial charge in [0, 0.05) is 36.9 Å². The number of nitrogens with zero attached hydrogens (tertiary/aromatic N) is 1. The number of fused-ring (bicyclic) bond motifs is 1. The van der Waals surface area contributed by atoms with Crippen molar-refractivity contribution in [3.8, 4) is 11.1 Å². The lowest BCUT2D eigenvalue weighted by Crippen LogP contribution is -2.36. The van der Waals surface area contributed by atoms with E-state index in [0.29, 0.717) is 26.1 Å². The van der Waals surface area contributed by atoms with E-state index in [1.54, 1.807) is 12.3 Å². The number of ether oxygens (including phenoxy) is 2. The summed E-state index contributed by atoms with van der Waals surface area (Å²) in [6.45, 7) is 1.00. The monoisotopic (exact) mass is 415 g/mol. The first kappa shape index (κ1) is 19.8. The third-order valence-electron chi connectivity index (χ3n) is 6.72. The van der Waals surface area contributed by atoms with Crippen molar-refractivity contribution >= 4 is 6.08 Å². The van der Waals surface area contributed by atoms with Crippen LogP contribution in [0.25, 0.3) is 17.2 Å². The molecule has 3 fully saturated rings. The first-order valence-electron chi connectivity index (χ1n) is 10.5. The van der Waals surface area contributed by atoms with E-state index in [-0.39, 0.29) is 36.4 Å². The molecule has 5 rings (SSSR count). The van der Waals surface area contributed by atoms with Crippen LogP contribution < -0.4 is 0 Å². The van der Waals surface area contributed by atoms with Gasteiger partial charge in [0.2, 0.25) is 5.92 Å². The number of benzene rings is 1. The largest absolute Gasteiger partial charge is 0.347 e. The molecule has 1 aliphatic heterocycles. The Hall–Kier alpha value is -2.18. The molecule has 3 nitrogen and oxygen atoms in total. The van der Waals surface area contributed by atoms with Crippen LogP contribution in [0.5, 0.6) is 0 Å². The molecule has 2 aromatic rings. The molecule has 30 heavy (non-hydrogen) atoms. The number of pyridine rings is 1. The lowest BCUT2D eigenvalue weighted by Gasteiger charge is -2.34. The minimum absolute atomic E-state index is 0.0641. The smallest absolute Gasteiger partial charge is 0.248 e. The van der Waals surface area contributed by atoms with Gasteiger partial charge in [-0.05, 0) is 48.1 Å². The predicted octanol–water partition coefficient (Wildman–Crippen LogP) is 5.72. The molecule has 1 spiro atoms. The summed E-state index contributed by atoms with van der Waals surface area (Å²) in [5, 5.41) is 0. The van der Waals surface area contributed by atoms with E-state index in [1.165, 1.54) is 12.1 Å². The van der Waals surface area contributed by atoms with Crippen LogP contribution >= 0.6 is 0 Å². The van der Waals surface area contributed by atoms with Crippen molar-refractivity contribution in [2.45, 2.75) is 37.4 Å². The zero-order valence-electron chi connectivity index (χ0n) is 16.6. The first-order valence-corrected chi connectivity index (χ1v) is 10.5. The van der Waals surface area contributed by atoms with Crippen LogP contribution in [0, 0.1) is 23.6 Å². The Morgan fingerprint density at radius 1 is 1.03 bits per heavy atom. The van der Waals surface area contributed by atoms with Crippen LogP contribution in [0.4, 0.5) is 13.2 Å². The molecule has 6 heteroatoms. The van der Waals surface area contributed by atoms with E-state index in [4.69, 9.17) is 9.47 Å². The van der Waals surface area contributed by atoms with E-state index in [1.807, 2.05) is 30.4 Å². The minimum Gasteiger partial charge on any atom is -0.347 e. The fourth-order valence-corrected chi connectivity index (χ4v) is 5.39. The molecule has 2 heterocycles. The molecule has 0 N–H and O–H groups in total. The molecule has 0 unspecified atom stereocenters. The molecule has 1 aromatic heterocycles. The molecule has 158 valence electrons. The van der Waals surface area contributed by atoms with Gasteiger partial charge in [-0.2, -0.15) is 0 Å². The molecular formula is C24H24F3NO2. The van der Waals surface area contributed by atoms with Gasteiger partial charge in [0.15, 0.2) is 5.79 Å². The maximum atomic E-state index is 14.0. The highest BCUT2D eigenvalue weighted by Gasteiger charge is 2.59. The van der Waals surface area contributed by atoms with Gasteiger partial charge in [0.05, 0.1) is 18.9 Å². The topological polar surface area (TPSA) is 31.4 Å². The second-order valence-electron chi connectivity index (χ2n) is 8.60. The van der Waals surface area contributed by atoms with Gasteiger partial charge in [-0.15, -0.1) is 0 Å². The standard InChI is InChI=1S/C24H24F3NO2/c25-19-3-1-2-16(12-19)17-4-5-20(28-15-17)6-7-22-21-8-9-23(26,27)13-18(21)14-24(22)29-10-11-30-24/h1-7,12,15,18,21-22H,8-11,13-14H2/t18-,21-,22-/m0/s1. The van der Waals surface area contributed by atoms with Crippen molar-refractivity contribution in [3.05, 3.63) is 60.2 Å². The molecule has 0 radical (unpaired) electrons. The van der Waals surface area contributed by atoms with Gasteiger partial charge in [-0.3, -0.25) is 4.98 Å². The summed E-state index contributed by atoms with van der Waals surface area (Å²) in [4.78, 5) is 4.48. The lowest BCUT2D eigenvalue weighted by atomic mass is 9.76. The van der Waals surface area contributed by atoms with Gasteiger partial charge in [-0.25, -0.2) is 13.2 Å². The van der Waals surface area contributed by atoms with Crippen molar-refractivity contribution in [1.29, 1.82) is 0 Å². The summed E-state index contributed by atoms with van der Waals surface area (Å²) >= 11 is 0. The Morgan fingerprint density at radius 2 is 1.87 bits per heavy atom. The lowest BCUT2D eigenvalue weighted by molar-refractivity contribution is -0.175. The third kappa shape index (κ3) is 3.67. The number of rotatable bonds is 3. The van der Waals surface area contributed by atoms with E-state index >= 15 is 0 Å². The average Bonchev–Trinajstić information content (AvgIpc) is 3.30. The molecule has 0 amide bonds. The Labute approximate surface area is 173 Å². The summed E-state index contributed by atoms with van der Waals surface area (Å²) in [6.07, 6.45) is 6.50. The summed E-state index contributed by atoms with van der Waals surface area (Å²) in [6, 6.07) is 10.2. The number of hydrogen-bond acceptors (Lipinski definition) is 3. The summed E-state index contributed by atoms with van der Waals surface area (Å²) < 4.78 is 53.3. The molecule has 1 aromatic carbocycles. The normalized spacial score (nSPS) is 29.5. The van der Waals surface area contributed by atoms with Crippen LogP contribution in [-0.4, -0.2) is 29.9 Å². The third-order valence-corrected chi connectivity index (χ3v) is 6.72. The number of hydrogen-bond donors (Lipinski definition) is 0. The maximum absolute atomic E-state index is 14.0. The summed E-state index contributed by atoms with van der Waals surface area (Å²) in [5.74, 6) is -3.69. The van der Waals surface area contributed by atoms with Crippen molar-refractivity contribution in [2.75, 3.05) is 13.2 Å². The molecule has 2 saturated carbocycles. The number of halogens is 3. The van der Waals surface area contributed by atoms with Crippen molar-refractivity contribution in [1.82, 2.24) is 4.98 Å². The number of aromatic nitrogens is 1. The van der Waals surface area contributed by atoms with Crippen LogP contribution in [0.3, 0.4) is 0 Å². The zero-order valence-corrected chi connectivity index (χ0v) is 16.6. The predicted molar refractivity (Wildman–Crippen MR) is 107 cm³/mol. The minimum atomic E-state index is -2.59. The molecular weight excluding hydrogens is 391 g/mol. The zero-order chi connectivity index (χ0) is 20.8. The van der Waals surface area contributed by atoms with Crippen LogP contribution in [0.15, 0.2) is 48.7 Å². The summed E-state index contributed by atoms with van der Waals surface area (Å²) in [7, 11) is 0. The van der Waals surface area contributed by atoms with Gasteiger partial charge in [0.1, 0.15) is 5.82 Å². The maximum Gasteiger partial charge on any atom is 0.248 e. The Bertz CT molecular complexity index is 938. The molecule has 0 bridgehead atoms. The van der Waals surface area contributed by atoms with E-state index in [0.717, 1.165) is 16.8 Å². The van der Waals surface area contributed by atoms with Crippen molar-refractivity contribution in [3.63, 3.8) is 0 Å². The van der Waals surface area contributed by atoms with E-state index < -0.39 is 11.7 Å². The molecule has 2 aliphatic carbocycles. The van der Waals surface area contributed by atoms with Gasteiger partial charge < -0.3 is 9.47 Å². The van der Waals surface area contributed by atoms with Crippen LogP contribution in [0.1, 0.15) is 31.4 Å². The van der Waals surface area contributed by atoms with Gasteiger partial charge in [-0.1, -0.05) is 24.3 Å². The molecule has 3 aliphatic rings. The molecule has 1 saturated heterocycles. The molecule has 3 atom stereocenters. The van der Waals surface area contributed by atoms with Crippen LogP contribution in [-0.2, 0) is 9.47 Å².